The number of nitrogens with two attached hydrogens (primary N) is 2. The van der Waals surface area contributed by atoms with Crippen molar-refractivity contribution in [2.75, 3.05) is 12.3 Å². The number of rotatable bonds is 5. The molecule has 0 bridgehead atoms. The first kappa shape index (κ1) is 13.6. The maximum absolute atomic E-state index is 11.5. The molecular formula is C12H15N3O3S. The summed E-state index contributed by atoms with van der Waals surface area (Å²) in [7, 11) is -4.06. The second kappa shape index (κ2) is 5.07. The Kier molecular flexibility index (Phi) is 3.64. The fourth-order valence-corrected chi connectivity index (χ4v) is 2.68. The van der Waals surface area contributed by atoms with Gasteiger partial charge in [-0.3, -0.25) is 0 Å². The molecule has 0 amide bonds. The van der Waals surface area contributed by atoms with Gasteiger partial charge in [0.1, 0.15) is 22.3 Å². The van der Waals surface area contributed by atoms with Crippen LogP contribution in [0.1, 0.15) is 24.8 Å². The molecule has 1 fully saturated rings. The molecule has 0 saturated heterocycles. The van der Waals surface area contributed by atoms with E-state index in [0.29, 0.717) is 12.5 Å². The van der Waals surface area contributed by atoms with Gasteiger partial charge in [-0.2, -0.15) is 5.26 Å². The number of hydrogen-bond acceptors (Lipinski definition) is 5. The monoisotopic (exact) mass is 281 g/mol. The van der Waals surface area contributed by atoms with Crippen LogP contribution in [0.4, 0.5) is 5.69 Å². The first-order chi connectivity index (χ1) is 8.93. The van der Waals surface area contributed by atoms with Gasteiger partial charge in [0.15, 0.2) is 0 Å². The highest BCUT2D eigenvalue weighted by Gasteiger charge is 2.23. The highest BCUT2D eigenvalue weighted by Crippen LogP contribution is 2.33. The fraction of sp³-hybridized carbons (Fsp3) is 0.417. The van der Waals surface area contributed by atoms with Crippen molar-refractivity contribution in [1.29, 1.82) is 5.26 Å². The molecule has 0 atom stereocenters. The molecule has 2 rings (SSSR count). The van der Waals surface area contributed by atoms with E-state index in [0.717, 1.165) is 6.42 Å². The minimum atomic E-state index is -4.06. The molecule has 102 valence electrons. The quantitative estimate of drug-likeness (QED) is 0.779. The minimum Gasteiger partial charge on any atom is -0.492 e. The van der Waals surface area contributed by atoms with Gasteiger partial charge in [-0.1, -0.05) is 12.8 Å². The van der Waals surface area contributed by atoms with Crippen LogP contribution in [0.5, 0.6) is 5.75 Å². The Morgan fingerprint density at radius 2 is 2.11 bits per heavy atom. The number of nitrogen functional groups attached to an aromatic ring is 1. The zero-order valence-electron chi connectivity index (χ0n) is 10.3. The van der Waals surface area contributed by atoms with Gasteiger partial charge in [0, 0.05) is 0 Å². The van der Waals surface area contributed by atoms with Gasteiger partial charge in [-0.05, 0) is 24.5 Å². The van der Waals surface area contributed by atoms with Gasteiger partial charge in [0.25, 0.3) is 0 Å². The second-order valence-electron chi connectivity index (χ2n) is 4.59. The number of nitrogens with zero attached hydrogens (tertiary/aromatic N) is 1. The Labute approximate surface area is 112 Å². The van der Waals surface area contributed by atoms with Crippen molar-refractivity contribution in [2.24, 2.45) is 11.1 Å². The lowest BCUT2D eigenvalue weighted by Gasteiger charge is -2.11. The molecule has 1 aromatic carbocycles. The van der Waals surface area contributed by atoms with E-state index in [-0.39, 0.29) is 21.9 Å². The van der Waals surface area contributed by atoms with E-state index in [9.17, 15) is 8.42 Å². The van der Waals surface area contributed by atoms with Crippen LogP contribution >= 0.6 is 0 Å². The smallest absolute Gasteiger partial charge is 0.241 e. The normalized spacial score (nSPS) is 14.9. The lowest BCUT2D eigenvalue weighted by Crippen LogP contribution is -2.17. The van der Waals surface area contributed by atoms with E-state index >= 15 is 0 Å². The summed E-state index contributed by atoms with van der Waals surface area (Å²) in [6.07, 6.45) is 3.32. The summed E-state index contributed by atoms with van der Waals surface area (Å²) in [6.45, 7) is 0.452. The van der Waals surface area contributed by atoms with Crippen LogP contribution in [0.15, 0.2) is 17.0 Å². The first-order valence-electron chi connectivity index (χ1n) is 5.91. The summed E-state index contributed by atoms with van der Waals surface area (Å²) in [5.74, 6) is 0.901. The van der Waals surface area contributed by atoms with Gasteiger partial charge >= 0.3 is 0 Å². The van der Waals surface area contributed by atoms with Crippen molar-refractivity contribution in [1.82, 2.24) is 0 Å². The fourth-order valence-electron chi connectivity index (χ4n) is 1.86. The summed E-state index contributed by atoms with van der Waals surface area (Å²) in [5, 5.41) is 14.2. The number of anilines is 1. The largest absolute Gasteiger partial charge is 0.492 e. The molecular weight excluding hydrogens is 266 g/mol. The van der Waals surface area contributed by atoms with Gasteiger partial charge < -0.3 is 10.5 Å². The van der Waals surface area contributed by atoms with E-state index in [1.165, 1.54) is 25.0 Å². The Hall–Kier alpha value is -1.78. The van der Waals surface area contributed by atoms with E-state index in [4.69, 9.17) is 20.9 Å². The molecule has 1 aliphatic carbocycles. The van der Waals surface area contributed by atoms with E-state index in [2.05, 4.69) is 0 Å². The van der Waals surface area contributed by atoms with Crippen LogP contribution in [0, 0.1) is 17.2 Å². The van der Waals surface area contributed by atoms with Crippen LogP contribution in [-0.2, 0) is 10.0 Å². The third kappa shape index (κ3) is 3.16. The maximum Gasteiger partial charge on any atom is 0.241 e. The predicted molar refractivity (Wildman–Crippen MR) is 69.8 cm³/mol. The Morgan fingerprint density at radius 3 is 2.63 bits per heavy atom. The topological polar surface area (TPSA) is 119 Å². The Morgan fingerprint density at radius 1 is 1.42 bits per heavy atom. The predicted octanol–water partition coefficient (Wildman–Crippen LogP) is 0.967. The van der Waals surface area contributed by atoms with Crippen molar-refractivity contribution in [3.63, 3.8) is 0 Å². The van der Waals surface area contributed by atoms with Gasteiger partial charge in [-0.15, -0.1) is 0 Å². The van der Waals surface area contributed by atoms with E-state index < -0.39 is 10.0 Å². The maximum atomic E-state index is 11.5. The third-order valence-corrected chi connectivity index (χ3v) is 4.04. The minimum absolute atomic E-state index is 0.0476. The molecule has 0 radical (unpaired) electrons. The van der Waals surface area contributed by atoms with Crippen LogP contribution in [-0.4, -0.2) is 15.0 Å². The molecule has 0 spiro atoms. The lowest BCUT2D eigenvalue weighted by molar-refractivity contribution is 0.301. The lowest BCUT2D eigenvalue weighted by atomic mass is 10.2. The third-order valence-electron chi connectivity index (χ3n) is 3.03. The van der Waals surface area contributed by atoms with E-state index in [1.807, 2.05) is 0 Å². The number of primary sulfonamides is 1. The summed E-state index contributed by atoms with van der Waals surface area (Å²) >= 11 is 0. The molecule has 0 unspecified atom stereocenters. The summed E-state index contributed by atoms with van der Waals surface area (Å²) < 4.78 is 28.4. The summed E-state index contributed by atoms with van der Waals surface area (Å²) in [6, 6.07) is 4.68. The van der Waals surface area contributed by atoms with Crippen molar-refractivity contribution in [3.8, 4) is 11.8 Å². The first-order valence-corrected chi connectivity index (χ1v) is 7.46. The van der Waals surface area contributed by atoms with Gasteiger partial charge in [0.05, 0.1) is 12.3 Å². The number of hydrogen-bond donors (Lipinski definition) is 2. The second-order valence-corrected chi connectivity index (χ2v) is 6.09. The molecule has 1 aromatic rings. The van der Waals surface area contributed by atoms with E-state index in [1.54, 1.807) is 6.07 Å². The Balaban J connectivity index is 2.30. The molecule has 1 aliphatic rings. The number of sulfonamides is 1. The SMILES string of the molecule is N#Cc1c(OCCC2CC2)ccc(N)c1S(N)(=O)=O. The molecule has 0 aromatic heterocycles. The molecule has 19 heavy (non-hydrogen) atoms. The van der Waals surface area contributed by atoms with Crippen molar-refractivity contribution >= 4 is 15.7 Å². The summed E-state index contributed by atoms with van der Waals surface area (Å²) in [4.78, 5) is -0.362. The van der Waals surface area contributed by atoms with Crippen molar-refractivity contribution in [2.45, 2.75) is 24.2 Å². The molecule has 1 saturated carbocycles. The molecule has 7 heteroatoms. The van der Waals surface area contributed by atoms with Gasteiger partial charge in [-0.25, -0.2) is 13.6 Å². The average Bonchev–Trinajstić information content (AvgIpc) is 3.12. The van der Waals surface area contributed by atoms with Gasteiger partial charge in [0.2, 0.25) is 10.0 Å². The summed E-state index contributed by atoms with van der Waals surface area (Å²) in [5.41, 5.74) is 5.40. The highest BCUT2D eigenvalue weighted by molar-refractivity contribution is 7.89. The van der Waals surface area contributed by atoms with Crippen LogP contribution in [0.25, 0.3) is 0 Å². The molecule has 0 aliphatic heterocycles. The van der Waals surface area contributed by atoms with Crippen LogP contribution < -0.4 is 15.6 Å². The zero-order chi connectivity index (χ0) is 14.0. The van der Waals surface area contributed by atoms with Crippen molar-refractivity contribution in [3.05, 3.63) is 17.7 Å². The number of nitriles is 1. The molecule has 0 heterocycles. The molecule has 6 nitrogen and oxygen atoms in total. The Bertz CT molecular complexity index is 630. The molecule has 4 N–H and O–H groups in total. The standard InChI is InChI=1S/C12H15N3O3S/c13-7-9-11(18-6-5-8-1-2-8)4-3-10(14)12(9)19(15,16)17/h3-4,8H,1-2,5-6,14H2,(H2,15,16,17). The number of ether oxygens (including phenoxy) is 1. The zero-order valence-corrected chi connectivity index (χ0v) is 11.1. The number of benzene rings is 1. The highest BCUT2D eigenvalue weighted by atomic mass is 32.2. The average molecular weight is 281 g/mol. The van der Waals surface area contributed by atoms with Crippen LogP contribution in [0.2, 0.25) is 0 Å². The van der Waals surface area contributed by atoms with Crippen LogP contribution in [0.3, 0.4) is 0 Å². The van der Waals surface area contributed by atoms with Crippen molar-refractivity contribution < 1.29 is 13.2 Å².